The lowest BCUT2D eigenvalue weighted by Crippen LogP contribution is -2.35. The first kappa shape index (κ1) is 17.7. The zero-order valence-electron chi connectivity index (χ0n) is 16.0. The van der Waals surface area contributed by atoms with Crippen LogP contribution in [0.1, 0.15) is 47.8 Å². The molecule has 2 fully saturated rings. The Morgan fingerprint density at radius 3 is 2.61 bits per heavy atom. The smallest absolute Gasteiger partial charge is 0.264 e. The van der Waals surface area contributed by atoms with Gasteiger partial charge in [-0.25, -0.2) is 9.97 Å². The molecule has 0 unspecified atom stereocenters. The van der Waals surface area contributed by atoms with Crippen molar-refractivity contribution in [2.45, 2.75) is 38.1 Å². The van der Waals surface area contributed by atoms with E-state index in [0.717, 1.165) is 36.9 Å². The molecule has 0 spiro atoms. The number of carbonyl (C=O) groups is 1. The summed E-state index contributed by atoms with van der Waals surface area (Å²) in [5.41, 5.74) is 0. The van der Waals surface area contributed by atoms with Gasteiger partial charge in [0.2, 0.25) is 5.95 Å². The first-order valence-electron chi connectivity index (χ1n) is 10.2. The predicted octanol–water partition coefficient (Wildman–Crippen LogP) is 3.96. The van der Waals surface area contributed by atoms with Gasteiger partial charge in [0.1, 0.15) is 0 Å². The molecule has 1 saturated carbocycles. The highest BCUT2D eigenvalue weighted by Crippen LogP contribution is 2.34. The number of hydrogen-bond acceptors (Lipinski definition) is 5. The number of rotatable bonds is 3. The van der Waals surface area contributed by atoms with Gasteiger partial charge in [-0.3, -0.25) is 4.79 Å². The molecule has 6 nitrogen and oxygen atoms in total. The molecular formula is C21H25N5OS. The Bertz CT molecular complexity index is 928. The molecule has 28 heavy (non-hydrogen) atoms. The van der Waals surface area contributed by atoms with Crippen molar-refractivity contribution in [2.24, 2.45) is 0 Å². The van der Waals surface area contributed by atoms with Crippen molar-refractivity contribution >= 4 is 33.3 Å². The van der Waals surface area contributed by atoms with Gasteiger partial charge in [0.15, 0.2) is 0 Å². The van der Waals surface area contributed by atoms with Crippen molar-refractivity contribution in [1.29, 1.82) is 0 Å². The van der Waals surface area contributed by atoms with Gasteiger partial charge >= 0.3 is 0 Å². The second-order valence-corrected chi connectivity index (χ2v) is 8.84. The normalized spacial score (nSPS) is 18.7. The molecule has 5 rings (SSSR count). The summed E-state index contributed by atoms with van der Waals surface area (Å²) in [6, 6.07) is 4.56. The molecule has 7 heteroatoms. The fourth-order valence-electron chi connectivity index (χ4n) is 4.40. The third-order valence-electron chi connectivity index (χ3n) is 5.92. The standard InChI is InChI=1S/C21H25N5OS/c27-20(24-9-4-10-25(12-11-24)21-22-7-3-8-23-21)18-13-16-14-26(15-19(16)28-18)17-5-1-2-6-17/h3,7-8,13-15,17H,1-2,4-6,9-12H2. The number of fused-ring (bicyclic) bond motifs is 1. The molecular weight excluding hydrogens is 370 g/mol. The fourth-order valence-corrected chi connectivity index (χ4v) is 5.45. The summed E-state index contributed by atoms with van der Waals surface area (Å²) >= 11 is 1.63. The lowest BCUT2D eigenvalue weighted by Gasteiger charge is -2.21. The van der Waals surface area contributed by atoms with Gasteiger partial charge in [-0.2, -0.15) is 0 Å². The first-order chi connectivity index (χ1) is 13.8. The van der Waals surface area contributed by atoms with Crippen molar-refractivity contribution in [3.8, 4) is 0 Å². The maximum atomic E-state index is 13.1. The third-order valence-corrected chi connectivity index (χ3v) is 6.99. The van der Waals surface area contributed by atoms with Gasteiger partial charge < -0.3 is 14.4 Å². The van der Waals surface area contributed by atoms with Crippen LogP contribution in [0.5, 0.6) is 0 Å². The summed E-state index contributed by atoms with van der Waals surface area (Å²) in [6.45, 7) is 3.15. The Morgan fingerprint density at radius 1 is 1.00 bits per heavy atom. The van der Waals surface area contributed by atoms with Crippen molar-refractivity contribution in [3.05, 3.63) is 41.8 Å². The topological polar surface area (TPSA) is 54.3 Å². The maximum Gasteiger partial charge on any atom is 0.264 e. The van der Waals surface area contributed by atoms with Gasteiger partial charge in [-0.05, 0) is 31.4 Å². The highest BCUT2D eigenvalue weighted by atomic mass is 32.1. The summed E-state index contributed by atoms with van der Waals surface area (Å²) < 4.78 is 3.59. The van der Waals surface area contributed by atoms with E-state index in [9.17, 15) is 4.79 Å². The number of anilines is 1. The summed E-state index contributed by atoms with van der Waals surface area (Å²) in [6.07, 6.45) is 14.2. The van der Waals surface area contributed by atoms with E-state index in [0.29, 0.717) is 12.6 Å². The Labute approximate surface area is 168 Å². The molecule has 1 aliphatic heterocycles. The summed E-state index contributed by atoms with van der Waals surface area (Å²) in [5.74, 6) is 0.910. The van der Waals surface area contributed by atoms with Crippen molar-refractivity contribution in [3.63, 3.8) is 0 Å². The lowest BCUT2D eigenvalue weighted by atomic mass is 10.2. The van der Waals surface area contributed by atoms with Crippen molar-refractivity contribution in [2.75, 3.05) is 31.1 Å². The lowest BCUT2D eigenvalue weighted by molar-refractivity contribution is 0.0772. The van der Waals surface area contributed by atoms with E-state index in [-0.39, 0.29) is 5.91 Å². The van der Waals surface area contributed by atoms with Gasteiger partial charge in [0.25, 0.3) is 5.91 Å². The molecule has 3 aromatic rings. The highest BCUT2D eigenvalue weighted by molar-refractivity contribution is 7.20. The van der Waals surface area contributed by atoms with Crippen LogP contribution in [0.25, 0.3) is 10.1 Å². The minimum absolute atomic E-state index is 0.157. The average molecular weight is 396 g/mol. The molecule has 0 N–H and O–H groups in total. The second-order valence-electron chi connectivity index (χ2n) is 7.76. The summed E-state index contributed by atoms with van der Waals surface area (Å²) in [5, 5.41) is 1.20. The monoisotopic (exact) mass is 395 g/mol. The van der Waals surface area contributed by atoms with Gasteiger partial charge in [-0.1, -0.05) is 12.8 Å². The van der Waals surface area contributed by atoms with E-state index in [1.54, 1.807) is 23.7 Å². The van der Waals surface area contributed by atoms with Crippen molar-refractivity contribution in [1.82, 2.24) is 19.4 Å². The minimum atomic E-state index is 0.157. The third kappa shape index (κ3) is 3.39. The number of aromatic nitrogens is 3. The van der Waals surface area contributed by atoms with Crippen LogP contribution in [0.2, 0.25) is 0 Å². The Morgan fingerprint density at radius 2 is 1.82 bits per heavy atom. The van der Waals surface area contributed by atoms with Gasteiger partial charge in [-0.15, -0.1) is 11.3 Å². The maximum absolute atomic E-state index is 13.1. The molecule has 0 atom stereocenters. The van der Waals surface area contributed by atoms with E-state index in [1.165, 1.54) is 35.8 Å². The van der Waals surface area contributed by atoms with E-state index < -0.39 is 0 Å². The van der Waals surface area contributed by atoms with Crippen molar-refractivity contribution < 1.29 is 4.79 Å². The fraction of sp³-hybridized carbons (Fsp3) is 0.476. The SMILES string of the molecule is O=C(c1cc2cn(C3CCCC3)cc2s1)N1CCCN(c2ncccn2)CC1. The zero-order chi connectivity index (χ0) is 18.9. The minimum Gasteiger partial charge on any atom is -0.349 e. The molecule has 1 amide bonds. The van der Waals surface area contributed by atoms with Crippen LogP contribution in [0.3, 0.4) is 0 Å². The Balaban J connectivity index is 1.28. The highest BCUT2D eigenvalue weighted by Gasteiger charge is 2.24. The zero-order valence-corrected chi connectivity index (χ0v) is 16.8. The van der Waals surface area contributed by atoms with Crippen LogP contribution in [0.15, 0.2) is 36.9 Å². The number of hydrogen-bond donors (Lipinski definition) is 0. The number of thiophene rings is 1. The van der Waals surface area contributed by atoms with Crippen LogP contribution in [-0.2, 0) is 0 Å². The Kier molecular flexibility index (Phi) is 4.76. The number of amides is 1. The van der Waals surface area contributed by atoms with Crippen LogP contribution in [0.4, 0.5) is 5.95 Å². The second kappa shape index (κ2) is 7.54. The van der Waals surface area contributed by atoms with Crippen LogP contribution >= 0.6 is 11.3 Å². The molecule has 1 aliphatic carbocycles. The molecule has 1 saturated heterocycles. The van der Waals surface area contributed by atoms with E-state index in [1.807, 2.05) is 11.0 Å². The molecule has 146 valence electrons. The quantitative estimate of drug-likeness (QED) is 0.674. The van der Waals surface area contributed by atoms with Crippen LogP contribution in [0, 0.1) is 0 Å². The number of carbonyl (C=O) groups excluding carboxylic acids is 1. The molecule has 3 aromatic heterocycles. The summed E-state index contributed by atoms with van der Waals surface area (Å²) in [7, 11) is 0. The molecule has 2 aliphatic rings. The van der Waals surface area contributed by atoms with E-state index >= 15 is 0 Å². The molecule has 0 bridgehead atoms. The summed E-state index contributed by atoms with van der Waals surface area (Å²) in [4.78, 5) is 26.8. The molecule has 0 radical (unpaired) electrons. The molecule has 4 heterocycles. The van der Waals surface area contributed by atoms with E-state index in [2.05, 4.69) is 37.9 Å². The average Bonchev–Trinajstić information content (AvgIpc) is 3.41. The van der Waals surface area contributed by atoms with Gasteiger partial charge in [0.05, 0.1) is 9.58 Å². The predicted molar refractivity (Wildman–Crippen MR) is 112 cm³/mol. The van der Waals surface area contributed by atoms with E-state index in [4.69, 9.17) is 0 Å². The van der Waals surface area contributed by atoms with Crippen LogP contribution < -0.4 is 4.90 Å². The largest absolute Gasteiger partial charge is 0.349 e. The number of nitrogens with zero attached hydrogens (tertiary/aromatic N) is 5. The van der Waals surface area contributed by atoms with Crippen LogP contribution in [-0.4, -0.2) is 51.5 Å². The molecule has 0 aromatic carbocycles. The van der Waals surface area contributed by atoms with Gasteiger partial charge in [0, 0.05) is 62.4 Å². The Hall–Kier alpha value is -2.41. The first-order valence-corrected chi connectivity index (χ1v) is 11.0.